The monoisotopic (exact) mass is 273 g/mol. The number of benzene rings is 2. The second-order valence-corrected chi connectivity index (χ2v) is 5.61. The molecule has 2 nitrogen and oxygen atoms in total. The van der Waals surface area contributed by atoms with Crippen molar-refractivity contribution < 1.29 is 5.48 Å². The van der Waals surface area contributed by atoms with Crippen LogP contribution in [0.2, 0.25) is 0 Å². The summed E-state index contributed by atoms with van der Waals surface area (Å²) in [5.74, 6) is 0. The summed E-state index contributed by atoms with van der Waals surface area (Å²) >= 11 is 0. The average Bonchev–Trinajstić information content (AvgIpc) is 2.42. The lowest BCUT2D eigenvalue weighted by atomic mass is 9.99. The van der Waals surface area contributed by atoms with Crippen LogP contribution in [-0.2, 0) is 6.42 Å². The number of unbranched alkanes of at least 4 members (excludes halogenated alkanes) is 3. The van der Waals surface area contributed by atoms with Gasteiger partial charge in [0.1, 0.15) is 0 Å². The molecule has 0 atom stereocenters. The quantitative estimate of drug-likeness (QED) is 0.709. The number of hydrogen-bond donors (Lipinski definition) is 0. The molecule has 2 heteroatoms. The molecule has 0 heterocycles. The summed E-state index contributed by atoms with van der Waals surface area (Å²) in [6.45, 7) is 1.22. The van der Waals surface area contributed by atoms with Crippen molar-refractivity contribution in [3.63, 3.8) is 0 Å². The summed E-state index contributed by atoms with van der Waals surface area (Å²) in [7, 11) is 4.30. The van der Waals surface area contributed by atoms with Gasteiger partial charge in [-0.25, -0.2) is 0 Å². The first-order chi connectivity index (χ1) is 9.27. The predicted molar refractivity (Wildman–Crippen MR) is 88.3 cm³/mol. The molecule has 0 aliphatic rings. The van der Waals surface area contributed by atoms with Crippen molar-refractivity contribution in [2.24, 2.45) is 0 Å². The Morgan fingerprint density at radius 3 is 2.30 bits per heavy atom. The standard InChI is InChI=1S/C18H25N.H2O/c1-19(2)15-8-4-3-5-10-16-12-9-13-17-11-6-7-14-18(16)17;/h6-7,9,11-14H,3-5,8,10,15H2,1-2H3;1H2. The minimum atomic E-state index is 0. The van der Waals surface area contributed by atoms with Crippen molar-refractivity contribution in [2.45, 2.75) is 32.1 Å². The van der Waals surface area contributed by atoms with Crippen LogP contribution in [-0.4, -0.2) is 31.0 Å². The van der Waals surface area contributed by atoms with E-state index in [9.17, 15) is 0 Å². The third kappa shape index (κ3) is 4.95. The lowest BCUT2D eigenvalue weighted by Gasteiger charge is -2.09. The van der Waals surface area contributed by atoms with E-state index >= 15 is 0 Å². The maximum Gasteiger partial charge on any atom is -0.00248 e. The summed E-state index contributed by atoms with van der Waals surface area (Å²) in [6.07, 6.45) is 6.54. The number of rotatable bonds is 7. The molecule has 20 heavy (non-hydrogen) atoms. The summed E-state index contributed by atoms with van der Waals surface area (Å²) in [6, 6.07) is 15.4. The van der Waals surface area contributed by atoms with Gasteiger partial charge in [0.25, 0.3) is 0 Å². The Morgan fingerprint density at radius 2 is 1.50 bits per heavy atom. The molecule has 2 N–H and O–H groups in total. The fraction of sp³-hybridized carbons (Fsp3) is 0.444. The van der Waals surface area contributed by atoms with Crippen molar-refractivity contribution in [3.05, 3.63) is 48.0 Å². The first kappa shape index (κ1) is 16.7. The Balaban J connectivity index is 0.00000200. The summed E-state index contributed by atoms with van der Waals surface area (Å²) in [5, 5.41) is 2.80. The predicted octanol–water partition coefficient (Wildman–Crippen LogP) is 3.68. The molecule has 2 aromatic carbocycles. The molecule has 110 valence electrons. The van der Waals surface area contributed by atoms with Gasteiger partial charge in [-0.15, -0.1) is 0 Å². The topological polar surface area (TPSA) is 34.7 Å². The summed E-state index contributed by atoms with van der Waals surface area (Å²) in [5.41, 5.74) is 1.51. The molecule has 0 bridgehead atoms. The van der Waals surface area contributed by atoms with E-state index in [-0.39, 0.29) is 5.48 Å². The fourth-order valence-corrected chi connectivity index (χ4v) is 2.61. The molecule has 0 saturated heterocycles. The molecular formula is C18H27NO. The Hall–Kier alpha value is -1.38. The van der Waals surface area contributed by atoms with Crippen molar-refractivity contribution in [1.29, 1.82) is 0 Å². The third-order valence-electron chi connectivity index (χ3n) is 3.68. The molecule has 0 unspecified atom stereocenters. The van der Waals surface area contributed by atoms with Crippen LogP contribution >= 0.6 is 0 Å². The van der Waals surface area contributed by atoms with E-state index in [4.69, 9.17) is 0 Å². The van der Waals surface area contributed by atoms with Gasteiger partial charge in [0.05, 0.1) is 0 Å². The first-order valence-corrected chi connectivity index (χ1v) is 7.39. The van der Waals surface area contributed by atoms with Crippen molar-refractivity contribution >= 4 is 10.8 Å². The van der Waals surface area contributed by atoms with E-state index in [0.29, 0.717) is 0 Å². The second-order valence-electron chi connectivity index (χ2n) is 5.61. The molecule has 0 fully saturated rings. The average molecular weight is 273 g/mol. The lowest BCUT2D eigenvalue weighted by Crippen LogP contribution is -2.12. The van der Waals surface area contributed by atoms with E-state index in [0.717, 1.165) is 0 Å². The van der Waals surface area contributed by atoms with Gasteiger partial charge in [0.15, 0.2) is 0 Å². The van der Waals surface area contributed by atoms with E-state index in [1.807, 2.05) is 0 Å². The molecule has 0 aliphatic carbocycles. The molecule has 0 radical (unpaired) electrons. The highest BCUT2D eigenvalue weighted by molar-refractivity contribution is 5.85. The van der Waals surface area contributed by atoms with Crippen LogP contribution in [0.4, 0.5) is 0 Å². The highest BCUT2D eigenvalue weighted by Gasteiger charge is 2.00. The Labute approximate surface area is 122 Å². The normalized spacial score (nSPS) is 10.8. The van der Waals surface area contributed by atoms with E-state index < -0.39 is 0 Å². The Bertz CT molecular complexity index is 502. The van der Waals surface area contributed by atoms with Gasteiger partial charge in [-0.3, -0.25) is 0 Å². The van der Waals surface area contributed by atoms with Gasteiger partial charge >= 0.3 is 0 Å². The summed E-state index contributed by atoms with van der Waals surface area (Å²) in [4.78, 5) is 2.27. The molecule has 0 amide bonds. The smallest absolute Gasteiger partial charge is 0.00248 e. The van der Waals surface area contributed by atoms with Gasteiger partial charge in [-0.1, -0.05) is 55.3 Å². The van der Waals surface area contributed by atoms with Crippen LogP contribution in [0.3, 0.4) is 0 Å². The highest BCUT2D eigenvalue weighted by atomic mass is 16.0. The van der Waals surface area contributed by atoms with E-state index in [2.05, 4.69) is 61.5 Å². The molecule has 2 aromatic rings. The minimum absolute atomic E-state index is 0. The molecular weight excluding hydrogens is 246 g/mol. The van der Waals surface area contributed by atoms with E-state index in [1.54, 1.807) is 0 Å². The number of fused-ring (bicyclic) bond motifs is 1. The van der Waals surface area contributed by atoms with E-state index in [1.165, 1.54) is 55.0 Å². The molecule has 0 aromatic heterocycles. The lowest BCUT2D eigenvalue weighted by molar-refractivity contribution is 0.390. The van der Waals surface area contributed by atoms with Crippen molar-refractivity contribution in [3.8, 4) is 0 Å². The van der Waals surface area contributed by atoms with Gasteiger partial charge in [0, 0.05) is 0 Å². The maximum atomic E-state index is 2.28. The van der Waals surface area contributed by atoms with Crippen LogP contribution in [0.1, 0.15) is 31.2 Å². The van der Waals surface area contributed by atoms with Crippen LogP contribution in [0, 0.1) is 0 Å². The fourth-order valence-electron chi connectivity index (χ4n) is 2.61. The van der Waals surface area contributed by atoms with Gasteiger partial charge in [0.2, 0.25) is 0 Å². The number of aryl methyl sites for hydroxylation is 1. The molecule has 0 saturated carbocycles. The summed E-state index contributed by atoms with van der Waals surface area (Å²) < 4.78 is 0. The van der Waals surface area contributed by atoms with Crippen LogP contribution < -0.4 is 0 Å². The SMILES string of the molecule is CN(C)CCCCCCc1cccc2ccccc12.O. The Morgan fingerprint density at radius 1 is 0.800 bits per heavy atom. The van der Waals surface area contributed by atoms with Crippen LogP contribution in [0.5, 0.6) is 0 Å². The maximum absolute atomic E-state index is 2.28. The van der Waals surface area contributed by atoms with Gasteiger partial charge in [-0.2, -0.15) is 0 Å². The number of hydrogen-bond acceptors (Lipinski definition) is 1. The molecule has 2 rings (SSSR count). The van der Waals surface area contributed by atoms with Crippen LogP contribution in [0.25, 0.3) is 10.8 Å². The third-order valence-corrected chi connectivity index (χ3v) is 3.68. The van der Waals surface area contributed by atoms with Gasteiger partial charge < -0.3 is 10.4 Å². The zero-order valence-corrected chi connectivity index (χ0v) is 12.7. The van der Waals surface area contributed by atoms with Crippen LogP contribution in [0.15, 0.2) is 42.5 Å². The zero-order valence-electron chi connectivity index (χ0n) is 12.7. The molecule has 0 aliphatic heterocycles. The second kappa shape index (κ2) is 8.72. The minimum Gasteiger partial charge on any atom is -0.412 e. The largest absolute Gasteiger partial charge is 0.412 e. The van der Waals surface area contributed by atoms with Gasteiger partial charge in [-0.05, 0) is 56.2 Å². The zero-order chi connectivity index (χ0) is 13.5. The number of nitrogens with zero attached hydrogens (tertiary/aromatic N) is 1. The highest BCUT2D eigenvalue weighted by Crippen LogP contribution is 2.20. The van der Waals surface area contributed by atoms with Crippen molar-refractivity contribution in [1.82, 2.24) is 4.90 Å². The molecule has 0 spiro atoms. The van der Waals surface area contributed by atoms with Crippen molar-refractivity contribution in [2.75, 3.05) is 20.6 Å². The first-order valence-electron chi connectivity index (χ1n) is 7.39. The Kier molecular flexibility index (Phi) is 7.27.